The predicted octanol–water partition coefficient (Wildman–Crippen LogP) is 4.86. The van der Waals surface area contributed by atoms with Crippen molar-refractivity contribution in [1.29, 1.82) is 0 Å². The monoisotopic (exact) mass is 358 g/mol. The molecule has 1 aromatic heterocycles. The SMILES string of the molecule is c1cc(CN2CCCCC2)cc(-c2ccc3ncnc(NC4CC4)c3c2)c1. The van der Waals surface area contributed by atoms with Crippen LogP contribution in [-0.2, 0) is 6.54 Å². The molecule has 5 rings (SSSR count). The highest BCUT2D eigenvalue weighted by molar-refractivity contribution is 5.92. The quantitative estimate of drug-likeness (QED) is 0.707. The van der Waals surface area contributed by atoms with Crippen LogP contribution in [0.25, 0.3) is 22.0 Å². The number of nitrogens with one attached hydrogen (secondary N) is 1. The summed E-state index contributed by atoms with van der Waals surface area (Å²) in [6.45, 7) is 3.51. The van der Waals surface area contributed by atoms with Crippen LogP contribution < -0.4 is 5.32 Å². The van der Waals surface area contributed by atoms with Gasteiger partial charge in [-0.1, -0.05) is 30.7 Å². The Morgan fingerprint density at radius 2 is 1.78 bits per heavy atom. The molecule has 138 valence electrons. The summed E-state index contributed by atoms with van der Waals surface area (Å²) in [5.74, 6) is 0.967. The normalized spacial score (nSPS) is 17.9. The van der Waals surface area contributed by atoms with Gasteiger partial charge in [-0.15, -0.1) is 0 Å². The molecule has 1 N–H and O–H groups in total. The lowest BCUT2D eigenvalue weighted by molar-refractivity contribution is 0.221. The lowest BCUT2D eigenvalue weighted by Gasteiger charge is -2.26. The maximum atomic E-state index is 4.49. The zero-order valence-corrected chi connectivity index (χ0v) is 15.7. The summed E-state index contributed by atoms with van der Waals surface area (Å²) in [4.78, 5) is 11.5. The molecule has 2 aliphatic rings. The standard InChI is InChI=1S/C23H26N4/c1-2-11-27(12-3-1)15-17-5-4-6-18(13-17)19-7-10-22-21(14-19)23(25-16-24-22)26-20-8-9-20/h4-7,10,13-14,16,20H,1-3,8-9,11-12,15H2,(H,24,25,26). The minimum atomic E-state index is 0.583. The average Bonchev–Trinajstić information content (AvgIpc) is 3.53. The molecule has 0 spiro atoms. The second kappa shape index (κ2) is 7.28. The van der Waals surface area contributed by atoms with Gasteiger partial charge >= 0.3 is 0 Å². The number of rotatable bonds is 5. The zero-order valence-electron chi connectivity index (χ0n) is 15.7. The van der Waals surface area contributed by atoms with Crippen molar-refractivity contribution in [3.05, 3.63) is 54.4 Å². The third kappa shape index (κ3) is 3.81. The van der Waals surface area contributed by atoms with Crippen molar-refractivity contribution in [2.45, 2.75) is 44.7 Å². The third-order valence-electron chi connectivity index (χ3n) is 5.67. The van der Waals surface area contributed by atoms with E-state index in [1.807, 2.05) is 0 Å². The lowest BCUT2D eigenvalue weighted by atomic mass is 10.0. The molecule has 4 heteroatoms. The second-order valence-corrected chi connectivity index (χ2v) is 7.91. The Morgan fingerprint density at radius 1 is 0.926 bits per heavy atom. The van der Waals surface area contributed by atoms with E-state index in [2.05, 4.69) is 62.6 Å². The lowest BCUT2D eigenvalue weighted by Crippen LogP contribution is -2.29. The van der Waals surface area contributed by atoms with Gasteiger partial charge < -0.3 is 5.32 Å². The van der Waals surface area contributed by atoms with Gasteiger partial charge in [0.25, 0.3) is 0 Å². The first kappa shape index (κ1) is 16.7. The molecule has 0 atom stereocenters. The number of benzene rings is 2. The van der Waals surface area contributed by atoms with Gasteiger partial charge in [0.15, 0.2) is 0 Å². The van der Waals surface area contributed by atoms with Crippen LogP contribution in [0.5, 0.6) is 0 Å². The van der Waals surface area contributed by atoms with Gasteiger partial charge in [0.1, 0.15) is 12.1 Å². The van der Waals surface area contributed by atoms with Crippen molar-refractivity contribution in [3.63, 3.8) is 0 Å². The molecule has 2 fully saturated rings. The van der Waals surface area contributed by atoms with Crippen LogP contribution >= 0.6 is 0 Å². The highest BCUT2D eigenvalue weighted by Gasteiger charge is 2.22. The fraction of sp³-hybridized carbons (Fsp3) is 0.391. The molecule has 0 unspecified atom stereocenters. The van der Waals surface area contributed by atoms with Crippen molar-refractivity contribution in [2.24, 2.45) is 0 Å². The number of aromatic nitrogens is 2. The molecule has 0 radical (unpaired) electrons. The molecule has 1 aliphatic carbocycles. The first-order valence-corrected chi connectivity index (χ1v) is 10.2. The molecule has 4 nitrogen and oxygen atoms in total. The van der Waals surface area contributed by atoms with Crippen LogP contribution in [0.2, 0.25) is 0 Å². The molecule has 0 bridgehead atoms. The maximum Gasteiger partial charge on any atom is 0.137 e. The van der Waals surface area contributed by atoms with Gasteiger partial charge in [-0.05, 0) is 73.7 Å². The van der Waals surface area contributed by atoms with Gasteiger partial charge in [-0.2, -0.15) is 0 Å². The van der Waals surface area contributed by atoms with Gasteiger partial charge in [-0.3, -0.25) is 4.90 Å². The second-order valence-electron chi connectivity index (χ2n) is 7.91. The molecule has 3 aromatic rings. The first-order valence-electron chi connectivity index (χ1n) is 10.2. The van der Waals surface area contributed by atoms with E-state index < -0.39 is 0 Å². The minimum Gasteiger partial charge on any atom is -0.367 e. The molecule has 27 heavy (non-hydrogen) atoms. The fourth-order valence-corrected chi connectivity index (χ4v) is 4.00. The molecular formula is C23H26N4. The number of piperidine rings is 1. The van der Waals surface area contributed by atoms with Crippen molar-refractivity contribution in [3.8, 4) is 11.1 Å². The summed E-state index contributed by atoms with van der Waals surface area (Å²) >= 11 is 0. The highest BCUT2D eigenvalue weighted by atomic mass is 15.1. The van der Waals surface area contributed by atoms with E-state index in [0.717, 1.165) is 23.3 Å². The largest absolute Gasteiger partial charge is 0.367 e. The summed E-state index contributed by atoms with van der Waals surface area (Å²) in [7, 11) is 0. The number of nitrogens with zero attached hydrogens (tertiary/aromatic N) is 3. The predicted molar refractivity (Wildman–Crippen MR) is 111 cm³/mol. The van der Waals surface area contributed by atoms with Crippen LogP contribution in [0.4, 0.5) is 5.82 Å². The van der Waals surface area contributed by atoms with Crippen molar-refractivity contribution < 1.29 is 0 Å². The summed E-state index contributed by atoms with van der Waals surface area (Å²) in [5, 5.41) is 4.66. The minimum absolute atomic E-state index is 0.583. The molecule has 1 saturated carbocycles. The first-order chi connectivity index (χ1) is 13.3. The molecule has 2 aromatic carbocycles. The number of anilines is 1. The van der Waals surface area contributed by atoms with Gasteiger partial charge in [0.2, 0.25) is 0 Å². The maximum absolute atomic E-state index is 4.49. The van der Waals surface area contributed by atoms with Crippen LogP contribution in [-0.4, -0.2) is 34.0 Å². The van der Waals surface area contributed by atoms with Crippen molar-refractivity contribution in [2.75, 3.05) is 18.4 Å². The average molecular weight is 358 g/mol. The molecule has 1 saturated heterocycles. The summed E-state index contributed by atoms with van der Waals surface area (Å²) in [5.41, 5.74) is 4.90. The molecular weight excluding hydrogens is 332 g/mol. The third-order valence-corrected chi connectivity index (χ3v) is 5.67. The Labute approximate surface area is 160 Å². The summed E-state index contributed by atoms with van der Waals surface area (Å²) in [6, 6.07) is 16.1. The van der Waals surface area contributed by atoms with E-state index in [9.17, 15) is 0 Å². The number of likely N-dealkylation sites (tertiary alicyclic amines) is 1. The van der Waals surface area contributed by atoms with Crippen molar-refractivity contribution in [1.82, 2.24) is 14.9 Å². The summed E-state index contributed by atoms with van der Waals surface area (Å²) < 4.78 is 0. The van der Waals surface area contributed by atoms with Crippen molar-refractivity contribution >= 4 is 16.7 Å². The van der Waals surface area contributed by atoms with Crippen LogP contribution in [0.15, 0.2) is 48.8 Å². The van der Waals surface area contributed by atoms with Gasteiger partial charge in [-0.25, -0.2) is 9.97 Å². The number of fused-ring (bicyclic) bond motifs is 1. The molecule has 2 heterocycles. The molecule has 1 aliphatic heterocycles. The van der Waals surface area contributed by atoms with Gasteiger partial charge in [0, 0.05) is 18.0 Å². The summed E-state index contributed by atoms with van der Waals surface area (Å²) in [6.07, 6.45) is 8.19. The Hall–Kier alpha value is -2.46. The zero-order chi connectivity index (χ0) is 18.1. The Kier molecular flexibility index (Phi) is 4.50. The van der Waals surface area contributed by atoms with E-state index >= 15 is 0 Å². The van der Waals surface area contributed by atoms with Crippen LogP contribution in [0.3, 0.4) is 0 Å². The van der Waals surface area contributed by atoms with E-state index in [0.29, 0.717) is 6.04 Å². The Bertz CT molecular complexity index is 942. The van der Waals surface area contributed by atoms with E-state index in [1.54, 1.807) is 6.33 Å². The Morgan fingerprint density at radius 3 is 2.63 bits per heavy atom. The smallest absolute Gasteiger partial charge is 0.137 e. The fourth-order valence-electron chi connectivity index (χ4n) is 4.00. The number of hydrogen-bond acceptors (Lipinski definition) is 4. The highest BCUT2D eigenvalue weighted by Crippen LogP contribution is 2.31. The van der Waals surface area contributed by atoms with Crippen LogP contribution in [0.1, 0.15) is 37.7 Å². The Balaban J connectivity index is 1.44. The van der Waals surface area contributed by atoms with Crippen LogP contribution in [0, 0.1) is 0 Å². The van der Waals surface area contributed by atoms with E-state index in [-0.39, 0.29) is 0 Å². The van der Waals surface area contributed by atoms with E-state index in [1.165, 1.54) is 61.9 Å². The van der Waals surface area contributed by atoms with Gasteiger partial charge in [0.05, 0.1) is 5.52 Å². The number of hydrogen-bond donors (Lipinski definition) is 1. The van der Waals surface area contributed by atoms with E-state index in [4.69, 9.17) is 0 Å². The molecule has 0 amide bonds. The topological polar surface area (TPSA) is 41.1 Å².